The summed E-state index contributed by atoms with van der Waals surface area (Å²) >= 11 is 0. The van der Waals surface area contributed by atoms with Crippen LogP contribution in [0.5, 0.6) is 0 Å². The molecule has 132 valence electrons. The van der Waals surface area contributed by atoms with E-state index < -0.39 is 30.2 Å². The number of ether oxygens (including phenoxy) is 2. The Morgan fingerprint density at radius 2 is 1.87 bits per heavy atom. The van der Waals surface area contributed by atoms with Crippen molar-refractivity contribution in [2.75, 3.05) is 0 Å². The normalized spacial score (nSPS) is 55.6. The third kappa shape index (κ3) is 2.29. The van der Waals surface area contributed by atoms with Gasteiger partial charge in [0.05, 0.1) is 6.10 Å². The van der Waals surface area contributed by atoms with Crippen LogP contribution >= 0.6 is 0 Å². The maximum Gasteiger partial charge on any atom is 0.241 e. The Hall–Kier alpha value is -0.300. The van der Waals surface area contributed by atoms with E-state index in [2.05, 4.69) is 6.92 Å². The molecule has 0 aromatic rings. The molecule has 5 rings (SSSR count). The molecule has 1 aliphatic carbocycles. The fourth-order valence-electron chi connectivity index (χ4n) is 5.42. The summed E-state index contributed by atoms with van der Waals surface area (Å²) in [7, 11) is 0. The van der Waals surface area contributed by atoms with Crippen LogP contribution in [0, 0.1) is 23.7 Å². The maximum atomic E-state index is 13.0. The van der Waals surface area contributed by atoms with Crippen molar-refractivity contribution in [3.8, 4) is 0 Å². The van der Waals surface area contributed by atoms with Crippen LogP contribution in [0.3, 0.4) is 0 Å². The number of fused-ring (bicyclic) bond motifs is 2. The quantitative estimate of drug-likeness (QED) is 0.719. The highest BCUT2D eigenvalue weighted by atomic mass is 19.3. The number of hydrogen-bond donors (Lipinski definition) is 0. The zero-order valence-corrected chi connectivity index (χ0v) is 14.0. The van der Waals surface area contributed by atoms with E-state index in [9.17, 15) is 8.78 Å². The summed E-state index contributed by atoms with van der Waals surface area (Å²) < 4.78 is 38.1. The summed E-state index contributed by atoms with van der Waals surface area (Å²) in [4.78, 5) is 11.7. The van der Waals surface area contributed by atoms with E-state index in [0.29, 0.717) is 5.92 Å². The lowest BCUT2D eigenvalue weighted by Gasteiger charge is -2.60. The smallest absolute Gasteiger partial charge is 0.241 e. The molecule has 4 saturated heterocycles. The molecule has 5 fully saturated rings. The van der Waals surface area contributed by atoms with Crippen LogP contribution in [-0.2, 0) is 19.2 Å². The molecular formula is C17H26F2O4. The molecule has 4 nitrogen and oxygen atoms in total. The van der Waals surface area contributed by atoms with Crippen LogP contribution in [0.2, 0.25) is 0 Å². The lowest BCUT2D eigenvalue weighted by Crippen LogP contribution is -2.70. The Kier molecular flexibility index (Phi) is 3.76. The summed E-state index contributed by atoms with van der Waals surface area (Å²) in [5, 5.41) is 0. The van der Waals surface area contributed by atoms with Gasteiger partial charge in [-0.05, 0) is 43.9 Å². The molecule has 0 N–H and O–H groups in total. The van der Waals surface area contributed by atoms with Crippen molar-refractivity contribution in [1.82, 2.24) is 0 Å². The van der Waals surface area contributed by atoms with Crippen molar-refractivity contribution in [2.45, 2.75) is 83.1 Å². The summed E-state index contributed by atoms with van der Waals surface area (Å²) in [5.74, 6) is 0.0705. The van der Waals surface area contributed by atoms with Gasteiger partial charge >= 0.3 is 0 Å². The van der Waals surface area contributed by atoms with Crippen LogP contribution in [0.1, 0.15) is 52.9 Å². The van der Waals surface area contributed by atoms with Gasteiger partial charge in [-0.3, -0.25) is 0 Å². The first-order chi connectivity index (χ1) is 10.9. The summed E-state index contributed by atoms with van der Waals surface area (Å²) in [6.07, 6.45) is 0.0242. The second kappa shape index (κ2) is 5.35. The van der Waals surface area contributed by atoms with Crippen molar-refractivity contribution >= 4 is 0 Å². The minimum atomic E-state index is -2.37. The summed E-state index contributed by atoms with van der Waals surface area (Å²) in [6, 6.07) is 0. The van der Waals surface area contributed by atoms with Gasteiger partial charge in [0, 0.05) is 18.8 Å². The van der Waals surface area contributed by atoms with Gasteiger partial charge in [-0.1, -0.05) is 13.8 Å². The average molecular weight is 332 g/mol. The van der Waals surface area contributed by atoms with Gasteiger partial charge in [-0.25, -0.2) is 18.6 Å². The molecule has 0 aromatic carbocycles. The van der Waals surface area contributed by atoms with E-state index in [1.165, 1.54) is 0 Å². The van der Waals surface area contributed by atoms with Crippen LogP contribution in [-0.4, -0.2) is 30.2 Å². The van der Waals surface area contributed by atoms with E-state index in [-0.39, 0.29) is 24.2 Å². The van der Waals surface area contributed by atoms with Crippen LogP contribution in [0.15, 0.2) is 0 Å². The van der Waals surface area contributed by atoms with Crippen molar-refractivity contribution in [1.29, 1.82) is 0 Å². The lowest BCUT2D eigenvalue weighted by atomic mass is 9.57. The van der Waals surface area contributed by atoms with E-state index in [1.807, 2.05) is 13.8 Å². The molecule has 0 amide bonds. The molecule has 0 aromatic heterocycles. The highest BCUT2D eigenvalue weighted by Crippen LogP contribution is 2.60. The zero-order chi connectivity index (χ0) is 16.4. The Labute approximate surface area is 135 Å². The van der Waals surface area contributed by atoms with E-state index in [0.717, 1.165) is 25.7 Å². The van der Waals surface area contributed by atoms with Crippen LogP contribution in [0.25, 0.3) is 0 Å². The molecule has 1 spiro atoms. The third-order valence-electron chi connectivity index (χ3n) is 6.71. The van der Waals surface area contributed by atoms with Gasteiger partial charge in [-0.2, -0.15) is 0 Å². The molecule has 8 atom stereocenters. The molecule has 5 aliphatic rings. The lowest BCUT2D eigenvalue weighted by molar-refractivity contribution is -0.571. The van der Waals surface area contributed by atoms with Crippen LogP contribution in [0.4, 0.5) is 8.78 Å². The van der Waals surface area contributed by atoms with E-state index in [4.69, 9.17) is 19.2 Å². The fraction of sp³-hybridized carbons (Fsp3) is 1.00. The second-order valence-electron chi connectivity index (χ2n) is 8.07. The van der Waals surface area contributed by atoms with Gasteiger partial charge in [0.1, 0.15) is 0 Å². The minimum absolute atomic E-state index is 0.00454. The van der Waals surface area contributed by atoms with Gasteiger partial charge in [0.25, 0.3) is 0 Å². The highest BCUT2D eigenvalue weighted by Gasteiger charge is 2.69. The molecule has 1 unspecified atom stereocenters. The third-order valence-corrected chi connectivity index (χ3v) is 6.71. The van der Waals surface area contributed by atoms with Crippen molar-refractivity contribution in [2.24, 2.45) is 23.7 Å². The average Bonchev–Trinajstić information content (AvgIpc) is 2.70. The monoisotopic (exact) mass is 332 g/mol. The Balaban J connectivity index is 1.73. The first-order valence-corrected chi connectivity index (χ1v) is 8.84. The Morgan fingerprint density at radius 1 is 1.09 bits per heavy atom. The van der Waals surface area contributed by atoms with Crippen molar-refractivity contribution in [3.05, 3.63) is 0 Å². The van der Waals surface area contributed by atoms with Crippen molar-refractivity contribution in [3.63, 3.8) is 0 Å². The standard InChI is InChI=1S/C17H26F2O4/c1-9-4-5-12-10(2)13(8-14(18)19)20-15-17(12)11(9)6-7-16(3,21-15)22-23-17/h9-15H,4-8H2,1-3H3/t9-,10-,11+,12+,13?,15-,16-,17-/m1/s1. The molecular weight excluding hydrogens is 306 g/mol. The fourth-order valence-corrected chi connectivity index (χ4v) is 5.42. The number of alkyl halides is 2. The molecule has 1 saturated carbocycles. The van der Waals surface area contributed by atoms with E-state index in [1.54, 1.807) is 0 Å². The Bertz CT molecular complexity index is 476. The van der Waals surface area contributed by atoms with Gasteiger partial charge in [-0.15, -0.1) is 0 Å². The minimum Gasteiger partial charge on any atom is -0.346 e. The summed E-state index contributed by atoms with van der Waals surface area (Å²) in [6.45, 7) is 6.10. The topological polar surface area (TPSA) is 36.9 Å². The highest BCUT2D eigenvalue weighted by molar-refractivity contribution is 5.09. The van der Waals surface area contributed by atoms with Gasteiger partial charge in [0.2, 0.25) is 12.2 Å². The van der Waals surface area contributed by atoms with Gasteiger partial charge in [0.15, 0.2) is 11.9 Å². The molecule has 4 heterocycles. The SMILES string of the molecule is C[C@@H]1CC[C@H]2[C@@H](C)C(CC(F)F)O[C@@H]3O[C@@]4(C)CC[C@@H]1[C@]32OO4. The maximum absolute atomic E-state index is 13.0. The molecule has 6 heteroatoms. The van der Waals surface area contributed by atoms with Crippen LogP contribution < -0.4 is 0 Å². The number of hydrogen-bond acceptors (Lipinski definition) is 4. The largest absolute Gasteiger partial charge is 0.346 e. The van der Waals surface area contributed by atoms with Gasteiger partial charge < -0.3 is 9.47 Å². The molecule has 0 radical (unpaired) electrons. The molecule has 2 bridgehead atoms. The van der Waals surface area contributed by atoms with Crippen molar-refractivity contribution < 1.29 is 28.0 Å². The number of halogens is 2. The first-order valence-electron chi connectivity index (χ1n) is 8.84. The first kappa shape index (κ1) is 16.2. The molecule has 4 aliphatic heterocycles. The Morgan fingerprint density at radius 3 is 2.61 bits per heavy atom. The summed E-state index contributed by atoms with van der Waals surface area (Å²) in [5.41, 5.74) is -0.647. The predicted octanol–water partition coefficient (Wildman–Crippen LogP) is 3.89. The second-order valence-corrected chi connectivity index (χ2v) is 8.07. The zero-order valence-electron chi connectivity index (χ0n) is 14.0. The van der Waals surface area contributed by atoms with E-state index >= 15 is 0 Å². The number of rotatable bonds is 2. The molecule has 23 heavy (non-hydrogen) atoms. The predicted molar refractivity (Wildman–Crippen MR) is 77.4 cm³/mol.